The number of carboxylic acids is 1. The quantitative estimate of drug-likeness (QED) is 0.229. The molecular weight excluding hydrogens is 463 g/mol. The summed E-state index contributed by atoms with van der Waals surface area (Å²) in [6.45, 7) is 5.24. The second kappa shape index (κ2) is 15.3. The summed E-state index contributed by atoms with van der Waals surface area (Å²) in [4.78, 5) is 12.5. The highest BCUT2D eigenvalue weighted by Gasteiger charge is 2.47. The fraction of sp³-hybridized carbons (Fsp3) is 0.606. The van der Waals surface area contributed by atoms with Crippen LogP contribution in [0.2, 0.25) is 0 Å². The molecule has 0 aliphatic heterocycles. The number of halogens is 1. The first-order chi connectivity index (χ1) is 18.0. The molecule has 3 rings (SSSR count). The molecule has 0 spiro atoms. The Morgan fingerprint density at radius 2 is 1.65 bits per heavy atom. The van der Waals surface area contributed by atoms with Crippen molar-refractivity contribution in [3.63, 3.8) is 0 Å². The Labute approximate surface area is 223 Å². The van der Waals surface area contributed by atoms with Gasteiger partial charge in [0.25, 0.3) is 0 Å². The van der Waals surface area contributed by atoms with Crippen LogP contribution in [0.4, 0.5) is 4.39 Å². The first-order valence-electron chi connectivity index (χ1n) is 14.6. The molecule has 4 atom stereocenters. The first-order valence-corrected chi connectivity index (χ1v) is 14.6. The summed E-state index contributed by atoms with van der Waals surface area (Å²) in [5, 5.41) is 10.2. The molecule has 1 fully saturated rings. The van der Waals surface area contributed by atoms with Crippen LogP contribution in [0.5, 0.6) is 0 Å². The smallest absolute Gasteiger partial charge is 0.314 e. The van der Waals surface area contributed by atoms with E-state index < -0.39 is 17.6 Å². The number of aliphatic carboxylic acids is 1. The molecule has 37 heavy (non-hydrogen) atoms. The number of rotatable bonds is 16. The maximum atomic E-state index is 15.5. The van der Waals surface area contributed by atoms with Gasteiger partial charge in [-0.25, -0.2) is 4.39 Å². The Morgan fingerprint density at radius 1 is 0.946 bits per heavy atom. The van der Waals surface area contributed by atoms with Gasteiger partial charge >= 0.3 is 5.97 Å². The van der Waals surface area contributed by atoms with Crippen LogP contribution in [0.25, 0.3) is 11.1 Å². The number of benzene rings is 2. The van der Waals surface area contributed by atoms with Crippen molar-refractivity contribution in [3.8, 4) is 11.1 Å². The highest BCUT2D eigenvalue weighted by atomic mass is 19.1. The molecule has 204 valence electrons. The Bertz CT molecular complexity index is 913. The molecule has 2 aromatic rings. The van der Waals surface area contributed by atoms with E-state index in [9.17, 15) is 9.90 Å². The van der Waals surface area contributed by atoms with E-state index in [1.165, 1.54) is 25.7 Å². The standard InChI is InChI=1S/C33H47FO3/c1-3-5-6-7-11-24-37-30(13-4-2)17-12-16-28-22-23-33(32(35)36,25-31(28)34)29-20-18-27(19-21-29)26-14-9-8-10-15-26/h8-10,14-15,18-21,28,30-31H,3-7,11-13,16-17,22-25H2,1-2H3,(H,35,36)/t28-,30?,31?,33-/m1/s1. The third-order valence-corrected chi connectivity index (χ3v) is 8.26. The molecular formula is C33H47FO3. The fourth-order valence-electron chi connectivity index (χ4n) is 5.93. The monoisotopic (exact) mass is 510 g/mol. The van der Waals surface area contributed by atoms with Crippen molar-refractivity contribution in [2.24, 2.45) is 5.92 Å². The van der Waals surface area contributed by atoms with Crippen LogP contribution in [0.1, 0.15) is 103 Å². The minimum absolute atomic E-state index is 0.0599. The number of hydrogen-bond donors (Lipinski definition) is 1. The molecule has 0 saturated heterocycles. The number of hydrogen-bond acceptors (Lipinski definition) is 2. The zero-order valence-corrected chi connectivity index (χ0v) is 23.0. The summed E-state index contributed by atoms with van der Waals surface area (Å²) in [5.74, 6) is -0.969. The Balaban J connectivity index is 1.52. The van der Waals surface area contributed by atoms with Crippen LogP contribution in [0.15, 0.2) is 54.6 Å². The summed E-state index contributed by atoms with van der Waals surface area (Å²) in [6, 6.07) is 17.7. The van der Waals surface area contributed by atoms with Gasteiger partial charge in [-0.05, 0) is 67.6 Å². The second-order valence-electron chi connectivity index (χ2n) is 11.0. The van der Waals surface area contributed by atoms with Crippen LogP contribution in [0.3, 0.4) is 0 Å². The highest BCUT2D eigenvalue weighted by Crippen LogP contribution is 2.45. The molecule has 2 unspecified atom stereocenters. The molecule has 1 N–H and O–H groups in total. The molecule has 0 heterocycles. The molecule has 0 radical (unpaired) electrons. The molecule has 0 amide bonds. The molecule has 1 aliphatic carbocycles. The third kappa shape index (κ3) is 8.40. The molecule has 4 heteroatoms. The van der Waals surface area contributed by atoms with Crippen LogP contribution >= 0.6 is 0 Å². The third-order valence-electron chi connectivity index (χ3n) is 8.26. The van der Waals surface area contributed by atoms with Gasteiger partial charge < -0.3 is 9.84 Å². The van der Waals surface area contributed by atoms with E-state index in [0.717, 1.165) is 61.8 Å². The van der Waals surface area contributed by atoms with E-state index in [0.29, 0.717) is 12.8 Å². The number of carbonyl (C=O) groups is 1. The minimum atomic E-state index is -1.14. The van der Waals surface area contributed by atoms with Gasteiger partial charge in [0.15, 0.2) is 0 Å². The van der Waals surface area contributed by atoms with Crippen molar-refractivity contribution in [1.29, 1.82) is 0 Å². The number of alkyl halides is 1. The van der Waals surface area contributed by atoms with Gasteiger partial charge in [0.05, 0.1) is 11.5 Å². The lowest BCUT2D eigenvalue weighted by Crippen LogP contribution is -2.44. The fourth-order valence-corrected chi connectivity index (χ4v) is 5.93. The van der Waals surface area contributed by atoms with E-state index in [-0.39, 0.29) is 18.4 Å². The summed E-state index contributed by atoms with van der Waals surface area (Å²) in [5.41, 5.74) is 1.71. The topological polar surface area (TPSA) is 46.5 Å². The van der Waals surface area contributed by atoms with Gasteiger partial charge in [0, 0.05) is 6.61 Å². The van der Waals surface area contributed by atoms with Gasteiger partial charge in [0.1, 0.15) is 6.17 Å². The van der Waals surface area contributed by atoms with Crippen molar-refractivity contribution < 1.29 is 19.0 Å². The molecule has 0 aromatic heterocycles. The molecule has 0 bridgehead atoms. The predicted molar refractivity (Wildman–Crippen MR) is 151 cm³/mol. The van der Waals surface area contributed by atoms with Crippen molar-refractivity contribution in [1.82, 2.24) is 0 Å². The van der Waals surface area contributed by atoms with Crippen LogP contribution < -0.4 is 0 Å². The van der Waals surface area contributed by atoms with E-state index in [1.54, 1.807) is 0 Å². The second-order valence-corrected chi connectivity index (χ2v) is 11.0. The molecule has 2 aromatic carbocycles. The lowest BCUT2D eigenvalue weighted by molar-refractivity contribution is -0.147. The normalized spacial score (nSPS) is 22.6. The average molecular weight is 511 g/mol. The van der Waals surface area contributed by atoms with Crippen molar-refractivity contribution in [3.05, 3.63) is 60.2 Å². The lowest BCUT2D eigenvalue weighted by atomic mass is 9.65. The van der Waals surface area contributed by atoms with E-state index >= 15 is 4.39 Å². The summed E-state index contributed by atoms with van der Waals surface area (Å²) >= 11 is 0. The van der Waals surface area contributed by atoms with Crippen molar-refractivity contribution in [2.75, 3.05) is 6.61 Å². The Kier molecular flexibility index (Phi) is 12.1. The number of carboxylic acid groups (broad SMARTS) is 1. The first kappa shape index (κ1) is 29.4. The summed E-state index contributed by atoms with van der Waals surface area (Å²) < 4.78 is 21.6. The Hall–Kier alpha value is -2.20. The summed E-state index contributed by atoms with van der Waals surface area (Å²) in [6.07, 6.45) is 11.4. The maximum absolute atomic E-state index is 15.5. The molecule has 1 saturated carbocycles. The van der Waals surface area contributed by atoms with Gasteiger partial charge in [-0.3, -0.25) is 4.79 Å². The van der Waals surface area contributed by atoms with Crippen molar-refractivity contribution >= 4 is 5.97 Å². The minimum Gasteiger partial charge on any atom is -0.481 e. The average Bonchev–Trinajstić information content (AvgIpc) is 2.92. The highest BCUT2D eigenvalue weighted by molar-refractivity contribution is 5.82. The maximum Gasteiger partial charge on any atom is 0.314 e. The zero-order chi connectivity index (χ0) is 26.5. The number of ether oxygens (including phenoxy) is 1. The van der Waals surface area contributed by atoms with Crippen molar-refractivity contribution in [2.45, 2.75) is 115 Å². The van der Waals surface area contributed by atoms with Crippen LogP contribution in [0, 0.1) is 5.92 Å². The van der Waals surface area contributed by atoms with E-state index in [4.69, 9.17) is 4.74 Å². The van der Waals surface area contributed by atoms with E-state index in [1.807, 2.05) is 54.6 Å². The van der Waals surface area contributed by atoms with Crippen LogP contribution in [-0.2, 0) is 14.9 Å². The molecule has 1 aliphatic rings. The zero-order valence-electron chi connectivity index (χ0n) is 23.0. The largest absolute Gasteiger partial charge is 0.481 e. The Morgan fingerprint density at radius 3 is 2.30 bits per heavy atom. The molecule has 3 nitrogen and oxygen atoms in total. The van der Waals surface area contributed by atoms with Gasteiger partial charge in [0.2, 0.25) is 0 Å². The SMILES string of the molecule is CCCCCCCOC(CCC)CCC[C@@H]1CC[C@](C(=O)O)(c2ccc(-c3ccccc3)cc2)CC1F. The van der Waals surface area contributed by atoms with Crippen LogP contribution in [-0.4, -0.2) is 30.0 Å². The number of unbranched alkanes of at least 4 members (excludes halogenated alkanes) is 4. The summed E-state index contributed by atoms with van der Waals surface area (Å²) in [7, 11) is 0. The van der Waals surface area contributed by atoms with Gasteiger partial charge in [-0.2, -0.15) is 0 Å². The van der Waals surface area contributed by atoms with E-state index in [2.05, 4.69) is 13.8 Å². The van der Waals surface area contributed by atoms with Gasteiger partial charge in [-0.1, -0.05) is 107 Å². The lowest BCUT2D eigenvalue weighted by Gasteiger charge is -2.39. The predicted octanol–water partition coefficient (Wildman–Crippen LogP) is 9.14. The van der Waals surface area contributed by atoms with Gasteiger partial charge in [-0.15, -0.1) is 0 Å².